The second kappa shape index (κ2) is 5.79. The molecule has 2 atom stereocenters. The number of nitrogens with zero attached hydrogens (tertiary/aromatic N) is 5. The van der Waals surface area contributed by atoms with Gasteiger partial charge < -0.3 is 15.2 Å². The van der Waals surface area contributed by atoms with Crippen LogP contribution in [-0.4, -0.2) is 63.0 Å². The maximum Gasteiger partial charge on any atom is 0.418 e. The minimum atomic E-state index is -4.75. The van der Waals surface area contributed by atoms with Crippen LogP contribution in [0.2, 0.25) is 0 Å². The van der Waals surface area contributed by atoms with Gasteiger partial charge in [0.25, 0.3) is 0 Å². The molecule has 12 heteroatoms. The largest absolute Gasteiger partial charge is 0.418 e. The van der Waals surface area contributed by atoms with Gasteiger partial charge in [-0.1, -0.05) is 0 Å². The van der Waals surface area contributed by atoms with Crippen LogP contribution in [-0.2, 0) is 21.4 Å². The van der Waals surface area contributed by atoms with Crippen molar-refractivity contribution in [3.63, 3.8) is 0 Å². The zero-order chi connectivity index (χ0) is 16.6. The Hall–Kier alpha value is -2.18. The van der Waals surface area contributed by atoms with Gasteiger partial charge in [0.15, 0.2) is 0 Å². The molecule has 3 N–H and O–H groups in total. The van der Waals surface area contributed by atoms with E-state index in [1.165, 1.54) is 4.90 Å². The first-order chi connectivity index (χ1) is 10.8. The molecule has 0 radical (unpaired) electrons. The third kappa shape index (κ3) is 3.28. The number of carbonyl (C=O) groups excluding carboxylic acids is 1. The van der Waals surface area contributed by atoms with Crippen LogP contribution in [0.5, 0.6) is 0 Å². The van der Waals surface area contributed by atoms with E-state index in [4.69, 9.17) is 10.3 Å². The predicted molar refractivity (Wildman–Crippen MR) is 77.2 cm³/mol. The highest BCUT2D eigenvalue weighted by atomic mass is 32.3. The van der Waals surface area contributed by atoms with Crippen LogP contribution < -0.4 is 5.73 Å². The lowest BCUT2D eigenvalue weighted by molar-refractivity contribution is -0.0316. The smallest absolute Gasteiger partial charge is 0.386 e. The van der Waals surface area contributed by atoms with Crippen LogP contribution in [0, 0.1) is 0 Å². The second-order valence-corrected chi connectivity index (χ2v) is 6.32. The Kier molecular flexibility index (Phi) is 3.95. The van der Waals surface area contributed by atoms with Crippen LogP contribution >= 0.6 is 0 Å². The minimum absolute atomic E-state index is 0.264. The molecule has 3 heterocycles. The van der Waals surface area contributed by atoms with Gasteiger partial charge in [0.05, 0.1) is 18.4 Å². The molecule has 2 aliphatic rings. The molecule has 23 heavy (non-hydrogen) atoms. The van der Waals surface area contributed by atoms with Gasteiger partial charge >= 0.3 is 16.4 Å². The molecule has 2 amide bonds. The summed E-state index contributed by atoms with van der Waals surface area (Å²) in [4.78, 5) is 21.8. The molecule has 2 aliphatic heterocycles. The molecule has 1 aromatic rings. The lowest BCUT2D eigenvalue weighted by Crippen LogP contribution is -2.48. The summed E-state index contributed by atoms with van der Waals surface area (Å²) in [6, 6.07) is -1.53. The Morgan fingerprint density at radius 3 is 2.96 bits per heavy atom. The molecule has 3 rings (SSSR count). The SMILES string of the molecule is NC(=NCn1ccnc1)[C@@H]1CC[C@@H]2CN1C(=O)N2OS(=O)(=O)O. The number of aromatic nitrogens is 2. The normalized spacial score (nSPS) is 25.3. The Morgan fingerprint density at radius 2 is 2.30 bits per heavy atom. The summed E-state index contributed by atoms with van der Waals surface area (Å²) in [7, 11) is -4.75. The summed E-state index contributed by atoms with van der Waals surface area (Å²) in [6.45, 7) is 0.541. The van der Waals surface area contributed by atoms with Crippen molar-refractivity contribution >= 4 is 22.3 Å². The summed E-state index contributed by atoms with van der Waals surface area (Å²) in [6.07, 6.45) is 5.96. The predicted octanol–water partition coefficient (Wildman–Crippen LogP) is -0.799. The van der Waals surface area contributed by atoms with E-state index in [1.54, 1.807) is 23.3 Å². The molecule has 126 valence electrons. The van der Waals surface area contributed by atoms with Gasteiger partial charge in [-0.25, -0.2) is 14.8 Å². The number of nitrogens with two attached hydrogens (primary N) is 1. The monoisotopic (exact) mass is 344 g/mol. The minimum Gasteiger partial charge on any atom is -0.386 e. The Balaban J connectivity index is 1.72. The summed E-state index contributed by atoms with van der Waals surface area (Å²) in [5.74, 6) is 0.277. The maximum absolute atomic E-state index is 12.2. The van der Waals surface area contributed by atoms with Gasteiger partial charge in [0.2, 0.25) is 0 Å². The number of hydrogen-bond acceptors (Lipinski definition) is 6. The van der Waals surface area contributed by atoms with Crippen molar-refractivity contribution in [2.24, 2.45) is 10.7 Å². The van der Waals surface area contributed by atoms with Crippen molar-refractivity contribution in [2.75, 3.05) is 6.54 Å². The quantitative estimate of drug-likeness (QED) is 0.404. The van der Waals surface area contributed by atoms with Crippen molar-refractivity contribution in [1.82, 2.24) is 19.5 Å². The fourth-order valence-electron chi connectivity index (χ4n) is 2.78. The number of imidazole rings is 1. The highest BCUT2D eigenvalue weighted by Crippen LogP contribution is 2.30. The van der Waals surface area contributed by atoms with Crippen molar-refractivity contribution < 1.29 is 22.0 Å². The third-order valence-electron chi connectivity index (χ3n) is 3.81. The molecule has 2 bridgehead atoms. The summed E-state index contributed by atoms with van der Waals surface area (Å²) >= 11 is 0. The molecule has 1 aromatic heterocycles. The van der Waals surface area contributed by atoms with Crippen LogP contribution in [0.1, 0.15) is 12.8 Å². The van der Waals surface area contributed by atoms with Crippen molar-refractivity contribution in [2.45, 2.75) is 31.6 Å². The Morgan fingerprint density at radius 1 is 1.52 bits per heavy atom. The molecular formula is C11H16N6O5S. The second-order valence-electron chi connectivity index (χ2n) is 5.31. The van der Waals surface area contributed by atoms with E-state index >= 15 is 0 Å². The summed E-state index contributed by atoms with van der Waals surface area (Å²) in [5.41, 5.74) is 5.98. The average Bonchev–Trinajstić information content (AvgIpc) is 3.08. The number of aliphatic imine (C=N–C) groups is 1. The van der Waals surface area contributed by atoms with Crippen LogP contribution in [0.25, 0.3) is 0 Å². The molecular weight excluding hydrogens is 328 g/mol. The number of urea groups is 1. The first-order valence-electron chi connectivity index (χ1n) is 6.87. The first-order valence-corrected chi connectivity index (χ1v) is 8.24. The van der Waals surface area contributed by atoms with E-state index in [0.717, 1.165) is 0 Å². The Labute approximate surface area is 132 Å². The maximum atomic E-state index is 12.2. The van der Waals surface area contributed by atoms with Crippen LogP contribution in [0.3, 0.4) is 0 Å². The number of amides is 2. The van der Waals surface area contributed by atoms with E-state index in [-0.39, 0.29) is 19.0 Å². The molecule has 2 saturated heterocycles. The van der Waals surface area contributed by atoms with Gasteiger partial charge in [-0.05, 0) is 12.8 Å². The van der Waals surface area contributed by atoms with E-state index in [1.807, 2.05) is 0 Å². The molecule has 0 unspecified atom stereocenters. The number of hydroxylamine groups is 2. The van der Waals surface area contributed by atoms with Gasteiger partial charge in [-0.15, -0.1) is 4.28 Å². The zero-order valence-corrected chi connectivity index (χ0v) is 12.8. The van der Waals surface area contributed by atoms with Gasteiger partial charge in [0, 0.05) is 18.9 Å². The molecule has 11 nitrogen and oxygen atoms in total. The van der Waals surface area contributed by atoms with Crippen LogP contribution in [0.4, 0.5) is 4.79 Å². The molecule has 2 fully saturated rings. The zero-order valence-electron chi connectivity index (χ0n) is 12.0. The standard InChI is InChI=1S/C11H16N6O5S/c12-10(14-7-15-4-3-13-6-15)9-2-1-8-5-16(9)11(18)17(8)22-23(19,20)21/h3-4,6,8-9H,1-2,5,7H2,(H2,12,14)(H,19,20,21)/t8-,9+/m1/s1. The lowest BCUT2D eigenvalue weighted by Gasteiger charge is -2.29. The van der Waals surface area contributed by atoms with E-state index < -0.39 is 28.5 Å². The van der Waals surface area contributed by atoms with Crippen molar-refractivity contribution in [3.05, 3.63) is 18.7 Å². The van der Waals surface area contributed by atoms with Crippen molar-refractivity contribution in [3.8, 4) is 0 Å². The third-order valence-corrected chi connectivity index (χ3v) is 4.16. The fraction of sp³-hybridized carbons (Fsp3) is 0.545. The fourth-order valence-corrected chi connectivity index (χ4v) is 3.17. The number of rotatable bonds is 5. The average molecular weight is 344 g/mol. The molecule has 0 aromatic carbocycles. The van der Waals surface area contributed by atoms with Crippen LogP contribution in [0.15, 0.2) is 23.7 Å². The highest BCUT2D eigenvalue weighted by molar-refractivity contribution is 7.80. The number of fused-ring (bicyclic) bond motifs is 2. The van der Waals surface area contributed by atoms with Crippen molar-refractivity contribution in [1.29, 1.82) is 0 Å². The summed E-state index contributed by atoms with van der Waals surface area (Å²) < 4.78 is 36.5. The van der Waals surface area contributed by atoms with E-state index in [2.05, 4.69) is 14.3 Å². The number of piperidine rings is 1. The topological polar surface area (TPSA) is 143 Å². The highest BCUT2D eigenvalue weighted by Gasteiger charge is 2.48. The number of carbonyl (C=O) groups is 1. The Bertz CT molecular complexity index is 717. The van der Waals surface area contributed by atoms with E-state index in [0.29, 0.717) is 17.9 Å². The first kappa shape index (κ1) is 15.7. The molecule has 0 aliphatic carbocycles. The number of hydrogen-bond donors (Lipinski definition) is 2. The molecule has 0 spiro atoms. The molecule has 0 saturated carbocycles. The van der Waals surface area contributed by atoms with Gasteiger partial charge in [-0.2, -0.15) is 13.5 Å². The number of amidine groups is 1. The lowest BCUT2D eigenvalue weighted by atomic mass is 10.0. The van der Waals surface area contributed by atoms with E-state index in [9.17, 15) is 13.2 Å². The summed E-state index contributed by atoms with van der Waals surface area (Å²) in [5, 5.41) is 0.679. The van der Waals surface area contributed by atoms with Gasteiger partial charge in [0.1, 0.15) is 12.5 Å². The van der Waals surface area contributed by atoms with Gasteiger partial charge in [-0.3, -0.25) is 4.55 Å².